The Kier molecular flexibility index (Phi) is 6.86. The highest BCUT2D eigenvalue weighted by Gasteiger charge is 2.26. The van der Waals surface area contributed by atoms with Crippen LogP contribution < -0.4 is 4.72 Å². The monoisotopic (exact) mass is 318 g/mol. The van der Waals surface area contributed by atoms with Crippen molar-refractivity contribution in [2.75, 3.05) is 26.2 Å². The number of sulfonamides is 1. The lowest BCUT2D eigenvalue weighted by Crippen LogP contribution is -2.35. The van der Waals surface area contributed by atoms with Crippen molar-refractivity contribution >= 4 is 10.0 Å². The van der Waals surface area contributed by atoms with E-state index in [1.165, 1.54) is 0 Å². The Morgan fingerprint density at radius 1 is 1.19 bits per heavy atom. The molecule has 1 aromatic rings. The molecule has 21 heavy (non-hydrogen) atoms. The molecule has 0 radical (unpaired) electrons. The van der Waals surface area contributed by atoms with E-state index in [1.807, 2.05) is 0 Å². The van der Waals surface area contributed by atoms with Crippen LogP contribution in [0.25, 0.3) is 0 Å². The minimum Gasteiger partial charge on any atom is -0.465 e. The SMILES string of the molecule is CCCN(CC)CCNS(=O)(=O)c1c(C)oc(C)c1CO. The zero-order chi connectivity index (χ0) is 16.0. The van der Waals surface area contributed by atoms with Crippen LogP contribution in [-0.4, -0.2) is 44.6 Å². The molecule has 0 atom stereocenters. The minimum absolute atomic E-state index is 0.0704. The summed E-state index contributed by atoms with van der Waals surface area (Å²) in [6.07, 6.45) is 1.04. The van der Waals surface area contributed by atoms with E-state index in [2.05, 4.69) is 23.5 Å². The first kappa shape index (κ1) is 18.2. The standard InChI is InChI=1S/C14H26N2O4S/c1-5-8-16(6-2)9-7-15-21(18,19)14-12(4)20-11(3)13(14)10-17/h15,17H,5-10H2,1-4H3. The molecule has 122 valence electrons. The van der Waals surface area contributed by atoms with Gasteiger partial charge < -0.3 is 14.4 Å². The second kappa shape index (κ2) is 7.93. The van der Waals surface area contributed by atoms with Crippen LogP contribution in [0.2, 0.25) is 0 Å². The molecule has 0 aliphatic carbocycles. The van der Waals surface area contributed by atoms with Crippen molar-refractivity contribution in [3.05, 3.63) is 17.1 Å². The summed E-state index contributed by atoms with van der Waals surface area (Å²) in [5.41, 5.74) is 0.334. The van der Waals surface area contributed by atoms with Crippen LogP contribution in [0.1, 0.15) is 37.4 Å². The maximum atomic E-state index is 12.4. The number of aryl methyl sites for hydroxylation is 2. The molecule has 6 nitrogen and oxygen atoms in total. The molecular formula is C14H26N2O4S. The van der Waals surface area contributed by atoms with Gasteiger partial charge in [-0.05, 0) is 33.4 Å². The van der Waals surface area contributed by atoms with Crippen molar-refractivity contribution in [3.63, 3.8) is 0 Å². The van der Waals surface area contributed by atoms with Gasteiger partial charge in [0.15, 0.2) is 0 Å². The largest absolute Gasteiger partial charge is 0.465 e. The fraction of sp³-hybridized carbons (Fsp3) is 0.714. The zero-order valence-electron chi connectivity index (χ0n) is 13.3. The highest BCUT2D eigenvalue weighted by molar-refractivity contribution is 7.89. The van der Waals surface area contributed by atoms with Crippen LogP contribution >= 0.6 is 0 Å². The van der Waals surface area contributed by atoms with Crippen LogP contribution in [0.15, 0.2) is 9.31 Å². The topological polar surface area (TPSA) is 82.8 Å². The predicted molar refractivity (Wildman–Crippen MR) is 81.7 cm³/mol. The van der Waals surface area contributed by atoms with Gasteiger partial charge in [0, 0.05) is 18.7 Å². The van der Waals surface area contributed by atoms with Gasteiger partial charge in [-0.25, -0.2) is 13.1 Å². The number of aliphatic hydroxyl groups is 1. The number of hydrogen-bond acceptors (Lipinski definition) is 5. The van der Waals surface area contributed by atoms with Gasteiger partial charge in [0.2, 0.25) is 10.0 Å². The van der Waals surface area contributed by atoms with Crippen molar-refractivity contribution in [3.8, 4) is 0 Å². The Hall–Kier alpha value is -0.890. The summed E-state index contributed by atoms with van der Waals surface area (Å²) in [6.45, 7) is 9.88. The summed E-state index contributed by atoms with van der Waals surface area (Å²) in [5, 5.41) is 9.34. The van der Waals surface area contributed by atoms with Crippen LogP contribution in [0.3, 0.4) is 0 Å². The summed E-state index contributed by atoms with van der Waals surface area (Å²) < 4.78 is 32.7. The third-order valence-electron chi connectivity index (χ3n) is 3.46. The summed E-state index contributed by atoms with van der Waals surface area (Å²) in [7, 11) is -3.66. The smallest absolute Gasteiger partial charge is 0.244 e. The Bertz CT molecular complexity index is 552. The van der Waals surface area contributed by atoms with Crippen molar-refractivity contribution in [1.82, 2.24) is 9.62 Å². The summed E-state index contributed by atoms with van der Waals surface area (Å²) in [4.78, 5) is 2.25. The van der Waals surface area contributed by atoms with Gasteiger partial charge in [0.25, 0.3) is 0 Å². The summed E-state index contributed by atoms with van der Waals surface area (Å²) in [5.74, 6) is 0.751. The van der Waals surface area contributed by atoms with Crippen LogP contribution in [0, 0.1) is 13.8 Å². The lowest BCUT2D eigenvalue weighted by Gasteiger charge is -2.19. The molecule has 1 heterocycles. The van der Waals surface area contributed by atoms with Gasteiger partial charge in [-0.15, -0.1) is 0 Å². The molecule has 0 aliphatic heterocycles. The Morgan fingerprint density at radius 2 is 1.86 bits per heavy atom. The first-order valence-electron chi connectivity index (χ1n) is 7.29. The van der Waals surface area contributed by atoms with E-state index in [0.29, 0.717) is 30.2 Å². The molecule has 0 bridgehead atoms. The molecule has 0 aromatic carbocycles. The maximum absolute atomic E-state index is 12.4. The van der Waals surface area contributed by atoms with Crippen LogP contribution in [-0.2, 0) is 16.6 Å². The number of likely N-dealkylation sites (N-methyl/N-ethyl adjacent to an activating group) is 1. The third kappa shape index (κ3) is 4.54. The molecule has 1 aromatic heterocycles. The maximum Gasteiger partial charge on any atom is 0.244 e. The molecule has 1 rings (SSSR count). The summed E-state index contributed by atoms with van der Waals surface area (Å²) >= 11 is 0. The first-order chi connectivity index (χ1) is 9.87. The van der Waals surface area contributed by atoms with E-state index in [0.717, 1.165) is 19.5 Å². The van der Waals surface area contributed by atoms with E-state index >= 15 is 0 Å². The van der Waals surface area contributed by atoms with E-state index in [9.17, 15) is 13.5 Å². The van der Waals surface area contributed by atoms with Gasteiger partial charge >= 0.3 is 0 Å². The van der Waals surface area contributed by atoms with Gasteiger partial charge in [-0.2, -0.15) is 0 Å². The first-order valence-corrected chi connectivity index (χ1v) is 8.77. The van der Waals surface area contributed by atoms with Crippen molar-refractivity contribution in [1.29, 1.82) is 0 Å². The number of aliphatic hydroxyl groups excluding tert-OH is 1. The Morgan fingerprint density at radius 3 is 2.38 bits per heavy atom. The zero-order valence-corrected chi connectivity index (χ0v) is 14.1. The molecule has 0 aliphatic rings. The van der Waals surface area contributed by atoms with Crippen LogP contribution in [0.5, 0.6) is 0 Å². The molecular weight excluding hydrogens is 292 g/mol. The van der Waals surface area contributed by atoms with Crippen molar-refractivity contribution < 1.29 is 17.9 Å². The second-order valence-electron chi connectivity index (χ2n) is 5.01. The molecule has 0 amide bonds. The highest BCUT2D eigenvalue weighted by atomic mass is 32.2. The average Bonchev–Trinajstić information content (AvgIpc) is 2.72. The number of furan rings is 1. The summed E-state index contributed by atoms with van der Waals surface area (Å²) in [6, 6.07) is 0. The second-order valence-corrected chi connectivity index (χ2v) is 6.72. The van der Waals surface area contributed by atoms with Gasteiger partial charge in [0.05, 0.1) is 6.61 Å². The van der Waals surface area contributed by atoms with E-state index in [-0.39, 0.29) is 11.5 Å². The Balaban J connectivity index is 2.79. The number of hydrogen-bond donors (Lipinski definition) is 2. The van der Waals surface area contributed by atoms with Crippen LogP contribution in [0.4, 0.5) is 0 Å². The molecule has 0 saturated carbocycles. The molecule has 0 unspecified atom stereocenters. The van der Waals surface area contributed by atoms with E-state index in [4.69, 9.17) is 4.42 Å². The van der Waals surface area contributed by atoms with Crippen molar-refractivity contribution in [2.24, 2.45) is 0 Å². The lowest BCUT2D eigenvalue weighted by atomic mass is 10.2. The fourth-order valence-electron chi connectivity index (χ4n) is 2.40. The minimum atomic E-state index is -3.66. The quantitative estimate of drug-likeness (QED) is 0.719. The fourth-order valence-corrected chi connectivity index (χ4v) is 3.86. The van der Waals surface area contributed by atoms with Gasteiger partial charge in [-0.1, -0.05) is 13.8 Å². The lowest BCUT2D eigenvalue weighted by molar-refractivity contribution is 0.276. The molecule has 7 heteroatoms. The highest BCUT2D eigenvalue weighted by Crippen LogP contribution is 2.26. The Labute approximate surface area is 127 Å². The van der Waals surface area contributed by atoms with Crippen molar-refractivity contribution in [2.45, 2.75) is 45.6 Å². The van der Waals surface area contributed by atoms with Gasteiger partial charge in [0.1, 0.15) is 16.4 Å². The third-order valence-corrected chi connectivity index (χ3v) is 5.11. The predicted octanol–water partition coefficient (Wildman–Crippen LogP) is 1.40. The molecule has 0 saturated heterocycles. The normalized spacial score (nSPS) is 12.3. The average molecular weight is 318 g/mol. The molecule has 0 spiro atoms. The van der Waals surface area contributed by atoms with E-state index < -0.39 is 10.0 Å². The number of nitrogens with one attached hydrogen (secondary N) is 1. The molecule has 2 N–H and O–H groups in total. The number of rotatable bonds is 9. The number of nitrogens with zero attached hydrogens (tertiary/aromatic N) is 1. The van der Waals surface area contributed by atoms with Gasteiger partial charge in [-0.3, -0.25) is 0 Å². The van der Waals surface area contributed by atoms with E-state index in [1.54, 1.807) is 13.8 Å². The molecule has 0 fully saturated rings.